The third kappa shape index (κ3) is 3.48. The number of aromatic amines is 1. The molecule has 0 aliphatic carbocycles. The zero-order chi connectivity index (χ0) is 13.2. The summed E-state index contributed by atoms with van der Waals surface area (Å²) in [4.78, 5) is 23.6. The molecule has 0 radical (unpaired) electrons. The van der Waals surface area contributed by atoms with Crippen molar-refractivity contribution in [3.63, 3.8) is 0 Å². The molecule has 0 aliphatic rings. The van der Waals surface area contributed by atoms with E-state index in [-0.39, 0.29) is 10.9 Å². The number of carbonyl (C=O) groups is 1. The van der Waals surface area contributed by atoms with Gasteiger partial charge in [0, 0.05) is 5.33 Å². The predicted molar refractivity (Wildman–Crippen MR) is 53.3 cm³/mol. The van der Waals surface area contributed by atoms with Gasteiger partial charge in [-0.25, -0.2) is 4.79 Å². The summed E-state index contributed by atoms with van der Waals surface area (Å²) >= 11 is 2.89. The Morgan fingerprint density at radius 2 is 2.12 bits per heavy atom. The highest BCUT2D eigenvalue weighted by atomic mass is 79.9. The summed E-state index contributed by atoms with van der Waals surface area (Å²) in [5.74, 6) is -2.45. The Bertz CT molecular complexity index is 497. The Kier molecular flexibility index (Phi) is 3.81. The van der Waals surface area contributed by atoms with E-state index in [1.54, 1.807) is 0 Å². The molecule has 17 heavy (non-hydrogen) atoms. The lowest BCUT2D eigenvalue weighted by molar-refractivity contribution is -0.275. The van der Waals surface area contributed by atoms with E-state index in [1.807, 2.05) is 4.98 Å². The first-order valence-electron chi connectivity index (χ1n) is 4.06. The van der Waals surface area contributed by atoms with Gasteiger partial charge in [0.1, 0.15) is 5.69 Å². The van der Waals surface area contributed by atoms with Crippen LogP contribution >= 0.6 is 15.9 Å². The monoisotopic (exact) mass is 315 g/mol. The van der Waals surface area contributed by atoms with E-state index in [1.165, 1.54) is 0 Å². The van der Waals surface area contributed by atoms with Gasteiger partial charge in [-0.05, 0) is 11.6 Å². The first-order chi connectivity index (χ1) is 7.74. The van der Waals surface area contributed by atoms with Crippen LogP contribution in [0.25, 0.3) is 0 Å². The minimum Gasteiger partial charge on any atom is -0.477 e. The Morgan fingerprint density at radius 1 is 1.53 bits per heavy atom. The second kappa shape index (κ2) is 4.78. The summed E-state index contributed by atoms with van der Waals surface area (Å²) in [6.07, 6.45) is -5.01. The van der Waals surface area contributed by atoms with Gasteiger partial charge < -0.3 is 14.8 Å². The smallest absolute Gasteiger partial charge is 0.477 e. The van der Waals surface area contributed by atoms with Crippen molar-refractivity contribution in [1.29, 1.82) is 0 Å². The van der Waals surface area contributed by atoms with Crippen molar-refractivity contribution in [2.45, 2.75) is 11.7 Å². The molecule has 0 unspecified atom stereocenters. The minimum atomic E-state index is -5.01. The average molecular weight is 316 g/mol. The van der Waals surface area contributed by atoms with E-state index in [0.29, 0.717) is 0 Å². The summed E-state index contributed by atoms with van der Waals surface area (Å²) < 4.78 is 39.2. The molecule has 0 fully saturated rings. The fourth-order valence-corrected chi connectivity index (χ4v) is 1.49. The van der Waals surface area contributed by atoms with E-state index in [0.717, 1.165) is 6.07 Å². The summed E-state index contributed by atoms with van der Waals surface area (Å²) in [5.41, 5.74) is -1.78. The Hall–Kier alpha value is -1.51. The molecule has 0 atom stereocenters. The normalized spacial score (nSPS) is 11.3. The Morgan fingerprint density at radius 3 is 2.53 bits per heavy atom. The molecular weight excluding hydrogens is 311 g/mol. The molecule has 9 heteroatoms. The number of halogens is 4. The van der Waals surface area contributed by atoms with Crippen LogP contribution < -0.4 is 10.3 Å². The van der Waals surface area contributed by atoms with Gasteiger partial charge in [-0.1, -0.05) is 15.9 Å². The number of carboxylic acid groups (broad SMARTS) is 1. The Labute approximate surface area is 100 Å². The zero-order valence-corrected chi connectivity index (χ0v) is 9.55. The predicted octanol–water partition coefficient (Wildman–Crippen LogP) is 1.87. The third-order valence-electron chi connectivity index (χ3n) is 1.67. The second-order valence-electron chi connectivity index (χ2n) is 2.85. The largest absolute Gasteiger partial charge is 0.573 e. The number of hydrogen-bond donors (Lipinski definition) is 2. The van der Waals surface area contributed by atoms with Crippen molar-refractivity contribution in [3.05, 3.63) is 27.7 Å². The maximum absolute atomic E-state index is 11.9. The number of H-pyrrole nitrogens is 1. The van der Waals surface area contributed by atoms with Crippen molar-refractivity contribution >= 4 is 21.9 Å². The number of aromatic carboxylic acids is 1. The maximum atomic E-state index is 11.9. The third-order valence-corrected chi connectivity index (χ3v) is 2.28. The molecule has 0 aromatic carbocycles. The van der Waals surface area contributed by atoms with E-state index in [4.69, 9.17) is 5.11 Å². The van der Waals surface area contributed by atoms with Crippen LogP contribution in [-0.4, -0.2) is 22.4 Å². The average Bonchev–Trinajstić information content (AvgIpc) is 2.18. The van der Waals surface area contributed by atoms with E-state index < -0.39 is 29.3 Å². The van der Waals surface area contributed by atoms with Crippen LogP contribution in [0.2, 0.25) is 0 Å². The van der Waals surface area contributed by atoms with Gasteiger partial charge >= 0.3 is 12.3 Å². The van der Waals surface area contributed by atoms with Crippen LogP contribution in [0.15, 0.2) is 10.9 Å². The van der Waals surface area contributed by atoms with Crippen LogP contribution in [0.5, 0.6) is 5.75 Å². The maximum Gasteiger partial charge on any atom is 0.573 e. The van der Waals surface area contributed by atoms with E-state index in [2.05, 4.69) is 20.7 Å². The Balaban J connectivity index is 3.28. The standard InChI is InChI=1S/C8H5BrF3NO4/c9-2-3-1-4(17-8(10,11)12)6(14)13-5(3)7(15)16/h1H,2H2,(H,13,14)(H,15,16). The lowest BCUT2D eigenvalue weighted by Gasteiger charge is -2.10. The summed E-state index contributed by atoms with van der Waals surface area (Å²) in [7, 11) is 0. The van der Waals surface area contributed by atoms with Crippen LogP contribution in [0.1, 0.15) is 16.1 Å². The molecule has 1 rings (SSSR count). The highest BCUT2D eigenvalue weighted by molar-refractivity contribution is 9.08. The van der Waals surface area contributed by atoms with Gasteiger partial charge in [-0.2, -0.15) is 0 Å². The van der Waals surface area contributed by atoms with Gasteiger partial charge in [-0.3, -0.25) is 4.79 Å². The molecule has 0 saturated carbocycles. The molecule has 2 N–H and O–H groups in total. The van der Waals surface area contributed by atoms with Crippen LogP contribution in [0, 0.1) is 0 Å². The summed E-state index contributed by atoms with van der Waals surface area (Å²) in [6.45, 7) is 0. The van der Waals surface area contributed by atoms with Crippen molar-refractivity contribution in [3.8, 4) is 5.75 Å². The van der Waals surface area contributed by atoms with Crippen molar-refractivity contribution in [2.75, 3.05) is 0 Å². The highest BCUT2D eigenvalue weighted by Gasteiger charge is 2.32. The van der Waals surface area contributed by atoms with Crippen LogP contribution in [-0.2, 0) is 5.33 Å². The SMILES string of the molecule is O=C(O)c1[nH]c(=O)c(OC(F)(F)F)cc1CBr. The molecule has 1 aromatic rings. The minimum absolute atomic E-state index is 0.0312. The molecule has 94 valence electrons. The number of nitrogens with one attached hydrogen (secondary N) is 1. The molecule has 0 aliphatic heterocycles. The number of aromatic nitrogens is 1. The lowest BCUT2D eigenvalue weighted by Crippen LogP contribution is -2.24. The molecule has 0 spiro atoms. The van der Waals surface area contributed by atoms with E-state index in [9.17, 15) is 22.8 Å². The van der Waals surface area contributed by atoms with Crippen molar-refractivity contribution in [2.24, 2.45) is 0 Å². The fraction of sp³-hybridized carbons (Fsp3) is 0.250. The number of carboxylic acids is 1. The lowest BCUT2D eigenvalue weighted by atomic mass is 10.2. The van der Waals surface area contributed by atoms with Crippen LogP contribution in [0.3, 0.4) is 0 Å². The molecule has 5 nitrogen and oxygen atoms in total. The van der Waals surface area contributed by atoms with E-state index >= 15 is 0 Å². The second-order valence-corrected chi connectivity index (χ2v) is 3.41. The highest BCUT2D eigenvalue weighted by Crippen LogP contribution is 2.22. The first-order valence-corrected chi connectivity index (χ1v) is 5.18. The summed E-state index contributed by atoms with van der Waals surface area (Å²) in [5, 5.41) is 8.65. The van der Waals surface area contributed by atoms with Crippen LogP contribution in [0.4, 0.5) is 13.2 Å². The van der Waals surface area contributed by atoms with Gasteiger partial charge in [-0.15, -0.1) is 13.2 Å². The number of pyridine rings is 1. The number of ether oxygens (including phenoxy) is 1. The number of alkyl halides is 4. The van der Waals surface area contributed by atoms with Crippen molar-refractivity contribution in [1.82, 2.24) is 4.98 Å². The van der Waals surface area contributed by atoms with Gasteiger partial charge in [0.05, 0.1) is 0 Å². The molecule has 0 saturated heterocycles. The molecule has 1 aromatic heterocycles. The summed E-state index contributed by atoms with van der Waals surface area (Å²) in [6, 6.07) is 0.727. The molecule has 0 bridgehead atoms. The van der Waals surface area contributed by atoms with Crippen molar-refractivity contribution < 1.29 is 27.8 Å². The quantitative estimate of drug-likeness (QED) is 0.834. The first kappa shape index (κ1) is 13.6. The number of rotatable bonds is 3. The molecule has 1 heterocycles. The fourth-order valence-electron chi connectivity index (χ4n) is 1.05. The van der Waals surface area contributed by atoms with Gasteiger partial charge in [0.25, 0.3) is 5.56 Å². The topological polar surface area (TPSA) is 79.4 Å². The molecule has 0 amide bonds. The molecular formula is C8H5BrF3NO4. The zero-order valence-electron chi connectivity index (χ0n) is 7.97. The number of hydrogen-bond acceptors (Lipinski definition) is 3. The van der Waals surface area contributed by atoms with Gasteiger partial charge in [0.15, 0.2) is 5.75 Å². The van der Waals surface area contributed by atoms with Gasteiger partial charge in [0.2, 0.25) is 0 Å².